The quantitative estimate of drug-likeness (QED) is 0.0223. The minimum atomic E-state index is -1.79. The van der Waals surface area contributed by atoms with E-state index in [2.05, 4.69) is 67.8 Å². The normalized spacial score (nSPS) is 27.1. The van der Waals surface area contributed by atoms with Gasteiger partial charge in [0, 0.05) is 6.42 Å². The van der Waals surface area contributed by atoms with Gasteiger partial charge in [0.1, 0.15) is 48.8 Å². The molecule has 2 heterocycles. The Balaban J connectivity index is 1.87. The monoisotopic (exact) mass is 952 g/mol. The number of unbranched alkanes of at least 4 members (excludes halogenated alkanes) is 18. The van der Waals surface area contributed by atoms with Gasteiger partial charge in [-0.2, -0.15) is 0 Å². The molecule has 0 aliphatic carbocycles. The molecule has 0 spiro atoms. The Morgan fingerprint density at radius 1 is 0.537 bits per heavy atom. The molecule has 67 heavy (non-hydrogen) atoms. The molecule has 9 N–H and O–H groups in total. The molecular weight excluding hydrogens is 859 g/mol. The smallest absolute Gasteiger partial charge is 0.220 e. The maximum atomic E-state index is 13.2. The van der Waals surface area contributed by atoms with Crippen LogP contribution >= 0.6 is 0 Å². The molecular formula is C53H93NO13. The molecule has 0 aromatic carbocycles. The van der Waals surface area contributed by atoms with Crippen molar-refractivity contribution < 1.29 is 64.6 Å². The topological polar surface area (TPSA) is 228 Å². The van der Waals surface area contributed by atoms with Crippen LogP contribution in [0.1, 0.15) is 174 Å². The number of rotatable bonds is 39. The van der Waals surface area contributed by atoms with E-state index in [1.807, 2.05) is 6.08 Å². The molecule has 14 heteroatoms. The Morgan fingerprint density at radius 2 is 1.00 bits per heavy atom. The molecule has 2 aliphatic heterocycles. The third kappa shape index (κ3) is 26.5. The highest BCUT2D eigenvalue weighted by atomic mass is 16.7. The number of carbonyl (C=O) groups is 1. The van der Waals surface area contributed by atoms with Crippen molar-refractivity contribution >= 4 is 5.91 Å². The van der Waals surface area contributed by atoms with E-state index in [0.29, 0.717) is 12.8 Å². The van der Waals surface area contributed by atoms with Gasteiger partial charge in [0.05, 0.1) is 32.0 Å². The predicted octanol–water partition coefficient (Wildman–Crippen LogP) is 7.05. The summed E-state index contributed by atoms with van der Waals surface area (Å²) in [5.74, 6) is -0.265. The maximum absolute atomic E-state index is 13.2. The number of nitrogens with one attached hydrogen (secondary N) is 1. The fraction of sp³-hybridized carbons (Fsp3) is 0.792. The van der Waals surface area contributed by atoms with Gasteiger partial charge in [0.2, 0.25) is 5.91 Å². The summed E-state index contributed by atoms with van der Waals surface area (Å²) >= 11 is 0. The van der Waals surface area contributed by atoms with Crippen molar-refractivity contribution in [2.45, 2.75) is 248 Å². The second kappa shape index (κ2) is 39.4. The summed E-state index contributed by atoms with van der Waals surface area (Å²) in [6.45, 7) is 2.71. The summed E-state index contributed by atoms with van der Waals surface area (Å²) in [6.07, 6.45) is 31.1. The van der Waals surface area contributed by atoms with Gasteiger partial charge < -0.3 is 65.1 Å². The van der Waals surface area contributed by atoms with Crippen LogP contribution in [0.3, 0.4) is 0 Å². The number of amides is 1. The van der Waals surface area contributed by atoms with E-state index in [1.54, 1.807) is 6.08 Å². The van der Waals surface area contributed by atoms with Crippen LogP contribution in [0, 0.1) is 0 Å². The average Bonchev–Trinajstić information content (AvgIpc) is 3.32. The molecule has 0 saturated carbocycles. The van der Waals surface area contributed by atoms with E-state index in [0.717, 1.165) is 64.2 Å². The number of aliphatic hydroxyl groups excluding tert-OH is 8. The van der Waals surface area contributed by atoms with E-state index < -0.39 is 86.8 Å². The third-order valence-corrected chi connectivity index (χ3v) is 12.4. The van der Waals surface area contributed by atoms with E-state index in [-0.39, 0.29) is 18.9 Å². The lowest BCUT2D eigenvalue weighted by Gasteiger charge is -2.46. The first-order valence-corrected chi connectivity index (χ1v) is 26.0. The summed E-state index contributed by atoms with van der Waals surface area (Å²) in [4.78, 5) is 13.2. The molecule has 12 atom stereocenters. The minimum absolute atomic E-state index is 0.259. The lowest BCUT2D eigenvalue weighted by molar-refractivity contribution is -0.359. The number of ether oxygens (including phenoxy) is 4. The van der Waals surface area contributed by atoms with Crippen LogP contribution in [0.15, 0.2) is 60.8 Å². The zero-order valence-electron chi connectivity index (χ0n) is 41.1. The van der Waals surface area contributed by atoms with Crippen LogP contribution in [0.4, 0.5) is 0 Å². The first-order chi connectivity index (χ1) is 32.6. The molecule has 14 nitrogen and oxygen atoms in total. The fourth-order valence-electron chi connectivity index (χ4n) is 8.12. The SMILES string of the molecule is CCCCCC/C=C\C/C=C\CCCCCCCCCC(=O)NC(COC1OC(CO)C(OC2OC(CO)C(O)C(O)C2O)C(O)C1O)C(O)/C=C/CC/C=C/CC/C=C/CCCCCCC. The number of carbonyl (C=O) groups excluding carboxylic acids is 1. The number of hydrogen-bond acceptors (Lipinski definition) is 13. The predicted molar refractivity (Wildman–Crippen MR) is 263 cm³/mol. The number of hydrogen-bond donors (Lipinski definition) is 9. The number of aliphatic hydroxyl groups is 8. The Morgan fingerprint density at radius 3 is 1.57 bits per heavy atom. The van der Waals surface area contributed by atoms with E-state index in [9.17, 15) is 45.6 Å². The van der Waals surface area contributed by atoms with Gasteiger partial charge >= 0.3 is 0 Å². The molecule has 0 bridgehead atoms. The highest BCUT2D eigenvalue weighted by molar-refractivity contribution is 5.76. The second-order valence-corrected chi connectivity index (χ2v) is 18.3. The van der Waals surface area contributed by atoms with Gasteiger partial charge in [0.25, 0.3) is 0 Å². The van der Waals surface area contributed by atoms with Crippen molar-refractivity contribution in [1.82, 2.24) is 5.32 Å². The van der Waals surface area contributed by atoms with Crippen LogP contribution < -0.4 is 5.32 Å². The first-order valence-electron chi connectivity index (χ1n) is 26.0. The van der Waals surface area contributed by atoms with Gasteiger partial charge in [-0.3, -0.25) is 4.79 Å². The maximum Gasteiger partial charge on any atom is 0.220 e. The highest BCUT2D eigenvalue weighted by Crippen LogP contribution is 2.30. The molecule has 2 fully saturated rings. The zero-order chi connectivity index (χ0) is 48.9. The van der Waals surface area contributed by atoms with E-state index in [1.165, 1.54) is 77.0 Å². The summed E-state index contributed by atoms with van der Waals surface area (Å²) in [7, 11) is 0. The standard InChI is InChI=1S/C53H93NO13/c1-3-5-7-9-11-13-15-17-19-20-21-23-25-27-29-31-33-35-37-45(58)54-41(42(57)36-34-32-30-28-26-24-22-18-16-14-12-10-8-6-4-2)40-64-52-50(63)48(61)51(44(39-56)66-52)67-53-49(62)47(60)46(59)43(38-55)65-53/h13,15-16,18-20,26,28,34,36,41-44,46-53,55-57,59-63H,3-12,14,17,21-25,27,29-33,35,37-40H2,1-2H3,(H,54,58)/b15-13-,18-16+,20-19-,28-26+,36-34+. The van der Waals surface area contributed by atoms with Crippen LogP contribution in [0.5, 0.6) is 0 Å². The average molecular weight is 952 g/mol. The molecule has 2 rings (SSSR count). The second-order valence-electron chi connectivity index (χ2n) is 18.3. The minimum Gasteiger partial charge on any atom is -0.394 e. The fourth-order valence-corrected chi connectivity index (χ4v) is 8.12. The van der Waals surface area contributed by atoms with E-state index >= 15 is 0 Å². The van der Waals surface area contributed by atoms with Crippen molar-refractivity contribution in [3.63, 3.8) is 0 Å². The Labute approximate surface area is 403 Å². The van der Waals surface area contributed by atoms with Crippen LogP contribution in [0.25, 0.3) is 0 Å². The molecule has 0 aromatic heterocycles. The molecule has 12 unspecified atom stereocenters. The van der Waals surface area contributed by atoms with Crippen LogP contribution in [-0.2, 0) is 23.7 Å². The Kier molecular flexibility index (Phi) is 35.8. The van der Waals surface area contributed by atoms with Gasteiger partial charge in [-0.15, -0.1) is 0 Å². The molecule has 0 aromatic rings. The number of allylic oxidation sites excluding steroid dienone is 9. The first kappa shape index (κ1) is 60.8. The summed E-state index contributed by atoms with van der Waals surface area (Å²) in [5, 5.41) is 86.7. The van der Waals surface area contributed by atoms with Crippen molar-refractivity contribution in [2.24, 2.45) is 0 Å². The molecule has 0 radical (unpaired) electrons. The van der Waals surface area contributed by atoms with E-state index in [4.69, 9.17) is 18.9 Å². The van der Waals surface area contributed by atoms with Crippen molar-refractivity contribution in [3.8, 4) is 0 Å². The van der Waals surface area contributed by atoms with Crippen LogP contribution in [-0.4, -0.2) is 140 Å². The summed E-state index contributed by atoms with van der Waals surface area (Å²) in [6, 6.07) is -0.943. The van der Waals surface area contributed by atoms with Gasteiger partial charge in [-0.25, -0.2) is 0 Å². The molecule has 2 saturated heterocycles. The van der Waals surface area contributed by atoms with Gasteiger partial charge in [0.15, 0.2) is 12.6 Å². The van der Waals surface area contributed by atoms with Crippen molar-refractivity contribution in [3.05, 3.63) is 60.8 Å². The molecule has 2 aliphatic rings. The highest BCUT2D eigenvalue weighted by Gasteiger charge is 2.51. The Bertz CT molecular complexity index is 1360. The van der Waals surface area contributed by atoms with Crippen molar-refractivity contribution in [1.29, 1.82) is 0 Å². The third-order valence-electron chi connectivity index (χ3n) is 12.4. The molecule has 388 valence electrons. The van der Waals surface area contributed by atoms with Crippen molar-refractivity contribution in [2.75, 3.05) is 19.8 Å². The Hall–Kier alpha value is -2.31. The van der Waals surface area contributed by atoms with Gasteiger partial charge in [-0.05, 0) is 77.0 Å². The summed E-state index contributed by atoms with van der Waals surface area (Å²) < 4.78 is 22.7. The molecule has 1 amide bonds. The lowest BCUT2D eigenvalue weighted by atomic mass is 9.97. The zero-order valence-corrected chi connectivity index (χ0v) is 41.1. The van der Waals surface area contributed by atoms with Crippen LogP contribution in [0.2, 0.25) is 0 Å². The summed E-state index contributed by atoms with van der Waals surface area (Å²) in [5.41, 5.74) is 0. The largest absolute Gasteiger partial charge is 0.394 e. The lowest BCUT2D eigenvalue weighted by Crippen LogP contribution is -2.65. The van der Waals surface area contributed by atoms with Gasteiger partial charge in [-0.1, -0.05) is 152 Å².